The van der Waals surface area contributed by atoms with Gasteiger partial charge in [0.15, 0.2) is 5.76 Å². The normalized spacial score (nSPS) is 16.6. The van der Waals surface area contributed by atoms with Crippen molar-refractivity contribution in [2.75, 3.05) is 4.90 Å². The van der Waals surface area contributed by atoms with Crippen molar-refractivity contribution < 1.29 is 14.7 Å². The molecule has 2 heterocycles. The van der Waals surface area contributed by atoms with E-state index < -0.39 is 17.7 Å². The summed E-state index contributed by atoms with van der Waals surface area (Å²) in [5, 5.41) is 13.2. The first-order valence-electron chi connectivity index (χ1n) is 8.75. The van der Waals surface area contributed by atoms with Crippen molar-refractivity contribution in [3.63, 3.8) is 0 Å². The maximum atomic E-state index is 13.2. The van der Waals surface area contributed by atoms with E-state index in [2.05, 4.69) is 0 Å². The molecule has 1 aliphatic rings. The van der Waals surface area contributed by atoms with E-state index in [0.29, 0.717) is 20.6 Å². The Bertz CT molecular complexity index is 1130. The van der Waals surface area contributed by atoms with Crippen LogP contribution in [0.4, 0.5) is 5.69 Å². The molecule has 4 rings (SSSR count). The lowest BCUT2D eigenvalue weighted by Gasteiger charge is -2.28. The number of carbonyl (C=O) groups excluding carboxylic acids is 2. The minimum absolute atomic E-state index is 0.0443. The fraction of sp³-hybridized carbons (Fsp3) is 0.0909. The van der Waals surface area contributed by atoms with Crippen molar-refractivity contribution in [2.24, 2.45) is 0 Å². The molecular weight excluding hydrogens is 429 g/mol. The molecule has 0 radical (unpaired) electrons. The molecule has 0 spiro atoms. The van der Waals surface area contributed by atoms with Gasteiger partial charge in [0, 0.05) is 15.7 Å². The van der Waals surface area contributed by atoms with Gasteiger partial charge in [-0.25, -0.2) is 0 Å². The van der Waals surface area contributed by atoms with Crippen molar-refractivity contribution in [1.82, 2.24) is 0 Å². The van der Waals surface area contributed by atoms with Crippen LogP contribution < -0.4 is 4.90 Å². The molecule has 0 saturated heterocycles. The Morgan fingerprint density at radius 3 is 2.38 bits per heavy atom. The molecule has 1 atom stereocenters. The van der Waals surface area contributed by atoms with Gasteiger partial charge in [-0.2, -0.15) is 0 Å². The highest BCUT2D eigenvalue weighted by atomic mass is 35.5. The summed E-state index contributed by atoms with van der Waals surface area (Å²) >= 11 is 13.6. The molecule has 0 fully saturated rings. The van der Waals surface area contributed by atoms with Crippen LogP contribution in [0.25, 0.3) is 0 Å². The number of amides is 1. The van der Waals surface area contributed by atoms with Gasteiger partial charge in [-0.15, -0.1) is 11.3 Å². The lowest BCUT2D eigenvalue weighted by atomic mass is 9.92. The van der Waals surface area contributed by atoms with Crippen LogP contribution >= 0.6 is 34.5 Å². The summed E-state index contributed by atoms with van der Waals surface area (Å²) in [6, 6.07) is 14.8. The number of aliphatic hydroxyl groups excluding tert-OH is 1. The summed E-state index contributed by atoms with van der Waals surface area (Å²) in [6.07, 6.45) is 0. The predicted octanol–water partition coefficient (Wildman–Crippen LogP) is 6.15. The highest BCUT2D eigenvalue weighted by Gasteiger charge is 2.45. The third-order valence-electron chi connectivity index (χ3n) is 4.81. The second-order valence-electron chi connectivity index (χ2n) is 6.63. The number of nitrogens with zero attached hydrogens (tertiary/aromatic N) is 1. The van der Waals surface area contributed by atoms with E-state index in [0.717, 1.165) is 11.1 Å². The summed E-state index contributed by atoms with van der Waals surface area (Å²) in [5.74, 6) is -1.61. The van der Waals surface area contributed by atoms with Crippen LogP contribution in [0.2, 0.25) is 10.0 Å². The molecule has 7 heteroatoms. The number of anilines is 1. The van der Waals surface area contributed by atoms with Crippen LogP contribution in [-0.4, -0.2) is 16.8 Å². The Labute approximate surface area is 181 Å². The largest absolute Gasteiger partial charge is 0.503 e. The van der Waals surface area contributed by atoms with Crippen LogP contribution in [0, 0.1) is 6.92 Å². The smallest absolute Gasteiger partial charge is 0.294 e. The number of hydrogen-bond donors (Lipinski definition) is 1. The fourth-order valence-corrected chi connectivity index (χ4v) is 4.70. The van der Waals surface area contributed by atoms with E-state index in [1.165, 1.54) is 16.2 Å². The zero-order valence-electron chi connectivity index (χ0n) is 15.2. The Hall–Kier alpha value is -2.60. The first kappa shape index (κ1) is 19.7. The quantitative estimate of drug-likeness (QED) is 0.492. The van der Waals surface area contributed by atoms with Crippen molar-refractivity contribution in [2.45, 2.75) is 13.0 Å². The minimum Gasteiger partial charge on any atom is -0.503 e. The summed E-state index contributed by atoms with van der Waals surface area (Å²) < 4.78 is 0. The Morgan fingerprint density at radius 1 is 1.07 bits per heavy atom. The molecule has 1 unspecified atom stereocenters. The third kappa shape index (κ3) is 3.46. The second-order valence-corrected chi connectivity index (χ2v) is 8.45. The molecule has 1 amide bonds. The van der Waals surface area contributed by atoms with Gasteiger partial charge in [0.05, 0.1) is 16.5 Å². The van der Waals surface area contributed by atoms with Gasteiger partial charge in [-0.3, -0.25) is 14.5 Å². The van der Waals surface area contributed by atoms with Gasteiger partial charge >= 0.3 is 0 Å². The van der Waals surface area contributed by atoms with Crippen LogP contribution in [0.1, 0.15) is 26.8 Å². The van der Waals surface area contributed by atoms with Crippen LogP contribution in [0.15, 0.2) is 71.3 Å². The van der Waals surface area contributed by atoms with Crippen molar-refractivity contribution in [3.05, 3.63) is 97.4 Å². The van der Waals surface area contributed by atoms with Gasteiger partial charge in [-0.05, 0) is 47.7 Å². The first-order valence-corrected chi connectivity index (χ1v) is 10.4. The molecule has 0 aliphatic carbocycles. The van der Waals surface area contributed by atoms with Crippen molar-refractivity contribution in [1.29, 1.82) is 0 Å². The Kier molecular flexibility index (Phi) is 5.21. The average Bonchev–Trinajstić information content (AvgIpc) is 3.29. The minimum atomic E-state index is -0.798. The molecule has 146 valence electrons. The molecule has 1 aliphatic heterocycles. The number of rotatable bonds is 4. The van der Waals surface area contributed by atoms with Crippen LogP contribution in [0.5, 0.6) is 0 Å². The number of benzene rings is 2. The molecule has 2 aromatic carbocycles. The lowest BCUT2D eigenvalue weighted by molar-refractivity contribution is -0.117. The number of Topliss-reactive ketones (excluding diaryl/α,β-unsaturated/α-hetero) is 1. The van der Waals surface area contributed by atoms with E-state index in [4.69, 9.17) is 23.2 Å². The summed E-state index contributed by atoms with van der Waals surface area (Å²) in [5.41, 5.74) is 2.07. The number of thiophene rings is 1. The van der Waals surface area contributed by atoms with Gasteiger partial charge in [-0.1, -0.05) is 53.5 Å². The van der Waals surface area contributed by atoms with E-state index >= 15 is 0 Å². The monoisotopic (exact) mass is 443 g/mol. The van der Waals surface area contributed by atoms with Gasteiger partial charge in [0.2, 0.25) is 5.78 Å². The first-order chi connectivity index (χ1) is 13.9. The van der Waals surface area contributed by atoms with Crippen molar-refractivity contribution >= 4 is 51.9 Å². The van der Waals surface area contributed by atoms with Gasteiger partial charge < -0.3 is 5.11 Å². The number of aryl methyl sites for hydroxylation is 1. The standard InChI is InChI=1S/C22H15Cl2NO3S/c1-12-5-2-3-6-16(12)19-18(20(26)17-7-4-8-29-17)21(27)22(28)25(19)15-10-13(23)9-14(24)11-15/h2-11,19,27H,1H3. The molecule has 0 saturated carbocycles. The molecule has 3 aromatic rings. The van der Waals surface area contributed by atoms with Crippen molar-refractivity contribution in [3.8, 4) is 0 Å². The topological polar surface area (TPSA) is 57.6 Å². The zero-order valence-corrected chi connectivity index (χ0v) is 17.6. The summed E-state index contributed by atoms with van der Waals surface area (Å²) in [4.78, 5) is 28.1. The lowest BCUT2D eigenvalue weighted by Crippen LogP contribution is -2.31. The van der Waals surface area contributed by atoms with Gasteiger partial charge in [0.1, 0.15) is 0 Å². The van der Waals surface area contributed by atoms with E-state index in [1.807, 2.05) is 31.2 Å². The summed E-state index contributed by atoms with van der Waals surface area (Å²) in [7, 11) is 0. The summed E-state index contributed by atoms with van der Waals surface area (Å²) in [6.45, 7) is 1.89. The zero-order chi connectivity index (χ0) is 20.7. The van der Waals surface area contributed by atoms with Crippen LogP contribution in [0.3, 0.4) is 0 Å². The number of halogens is 2. The molecular formula is C22H15Cl2NO3S. The molecule has 1 aromatic heterocycles. The number of hydrogen-bond acceptors (Lipinski definition) is 4. The molecule has 29 heavy (non-hydrogen) atoms. The number of carbonyl (C=O) groups is 2. The fourth-order valence-electron chi connectivity index (χ4n) is 3.51. The molecule has 4 nitrogen and oxygen atoms in total. The third-order valence-corrected chi connectivity index (χ3v) is 6.11. The Balaban J connectivity index is 1.94. The van der Waals surface area contributed by atoms with Crippen LogP contribution in [-0.2, 0) is 4.79 Å². The highest BCUT2D eigenvalue weighted by Crippen LogP contribution is 2.44. The molecule has 0 bridgehead atoms. The maximum absolute atomic E-state index is 13.2. The second kappa shape index (κ2) is 7.67. The van der Waals surface area contributed by atoms with E-state index in [-0.39, 0.29) is 11.4 Å². The van der Waals surface area contributed by atoms with E-state index in [1.54, 1.807) is 35.7 Å². The highest BCUT2D eigenvalue weighted by molar-refractivity contribution is 7.12. The Morgan fingerprint density at radius 2 is 1.76 bits per heavy atom. The number of aliphatic hydroxyl groups is 1. The van der Waals surface area contributed by atoms with Gasteiger partial charge in [0.25, 0.3) is 5.91 Å². The molecule has 1 N–H and O–H groups in total. The average molecular weight is 444 g/mol. The SMILES string of the molecule is Cc1ccccc1C1C(C(=O)c2cccs2)=C(O)C(=O)N1c1cc(Cl)cc(Cl)c1. The van der Waals surface area contributed by atoms with E-state index in [9.17, 15) is 14.7 Å². The number of ketones is 1. The maximum Gasteiger partial charge on any atom is 0.294 e. The predicted molar refractivity (Wildman–Crippen MR) is 116 cm³/mol.